The van der Waals surface area contributed by atoms with Crippen LogP contribution in [0.2, 0.25) is 0 Å². The maximum atomic E-state index is 13.0. The minimum atomic E-state index is -0.688. The summed E-state index contributed by atoms with van der Waals surface area (Å²) in [7, 11) is 0. The zero-order valence-electron chi connectivity index (χ0n) is 14.8. The molecule has 4 aromatic rings. The van der Waals surface area contributed by atoms with E-state index in [0.717, 1.165) is 23.4 Å². The van der Waals surface area contributed by atoms with Gasteiger partial charge in [-0.2, -0.15) is 0 Å². The van der Waals surface area contributed by atoms with Crippen LogP contribution in [-0.2, 0) is 0 Å². The Bertz CT molecular complexity index is 1190. The predicted octanol–water partition coefficient (Wildman–Crippen LogP) is 2.81. The Morgan fingerprint density at radius 3 is 2.61 bits per heavy atom. The Kier molecular flexibility index (Phi) is 4.36. The highest BCUT2D eigenvalue weighted by Crippen LogP contribution is 2.20. The van der Waals surface area contributed by atoms with E-state index < -0.39 is 17.6 Å². The molecule has 138 valence electrons. The van der Waals surface area contributed by atoms with E-state index in [2.05, 4.69) is 20.3 Å². The van der Waals surface area contributed by atoms with Crippen LogP contribution in [0.4, 0.5) is 4.39 Å². The maximum Gasteiger partial charge on any atom is 0.280 e. The molecule has 0 aliphatic heterocycles. The van der Waals surface area contributed by atoms with Gasteiger partial charge in [0.1, 0.15) is 12.1 Å². The average molecular weight is 375 g/mol. The van der Waals surface area contributed by atoms with Gasteiger partial charge >= 0.3 is 0 Å². The van der Waals surface area contributed by atoms with Crippen molar-refractivity contribution in [3.05, 3.63) is 84.0 Å². The molecule has 0 aliphatic carbocycles. The Labute approximate surface area is 158 Å². The lowest BCUT2D eigenvalue weighted by Gasteiger charge is -2.06. The third-order valence-electron chi connectivity index (χ3n) is 4.20. The number of hydrogen-bond donors (Lipinski definition) is 1. The topological polar surface area (TPSA) is 89.2 Å². The number of pyridine rings is 1. The minimum Gasteiger partial charge on any atom is -0.287 e. The minimum absolute atomic E-state index is 0.0179. The van der Waals surface area contributed by atoms with Crippen molar-refractivity contribution in [1.29, 1.82) is 0 Å². The van der Waals surface area contributed by atoms with Gasteiger partial charge in [0, 0.05) is 29.2 Å². The van der Waals surface area contributed by atoms with Gasteiger partial charge in [-0.25, -0.2) is 14.4 Å². The molecule has 8 heteroatoms. The Balaban J connectivity index is 1.68. The molecule has 4 rings (SSSR count). The number of halogens is 1. The van der Waals surface area contributed by atoms with E-state index >= 15 is 0 Å². The smallest absolute Gasteiger partial charge is 0.280 e. The SMILES string of the molecule is Cc1cc(-c2cccnc2)nc2c(C(=O)NC(=O)c3ccc(F)cc3)ncn12. The number of carbonyl (C=O) groups excluding carboxylic acids is 2. The number of imide groups is 1. The van der Waals surface area contributed by atoms with Crippen molar-refractivity contribution in [1.82, 2.24) is 24.7 Å². The number of imidazole rings is 1. The van der Waals surface area contributed by atoms with E-state index in [1.54, 1.807) is 22.9 Å². The van der Waals surface area contributed by atoms with Crippen molar-refractivity contribution in [2.75, 3.05) is 0 Å². The van der Waals surface area contributed by atoms with Crippen LogP contribution < -0.4 is 5.32 Å². The molecule has 0 radical (unpaired) electrons. The standard InChI is InChI=1S/C20H14FN5O2/c1-12-9-16(14-3-2-8-22-10-14)24-18-17(23-11-26(12)18)20(28)25-19(27)13-4-6-15(21)7-5-13/h2-11H,1H3,(H,25,27,28). The lowest BCUT2D eigenvalue weighted by Crippen LogP contribution is -2.31. The largest absolute Gasteiger partial charge is 0.287 e. The molecule has 2 amide bonds. The molecule has 7 nitrogen and oxygen atoms in total. The van der Waals surface area contributed by atoms with Crippen LogP contribution in [0, 0.1) is 12.7 Å². The number of rotatable bonds is 3. The highest BCUT2D eigenvalue weighted by molar-refractivity contribution is 6.11. The summed E-state index contributed by atoms with van der Waals surface area (Å²) in [6, 6.07) is 10.4. The fraction of sp³-hybridized carbons (Fsp3) is 0.0500. The van der Waals surface area contributed by atoms with Gasteiger partial charge in [-0.05, 0) is 49.4 Å². The van der Waals surface area contributed by atoms with Crippen LogP contribution in [0.3, 0.4) is 0 Å². The second-order valence-corrected chi connectivity index (χ2v) is 6.10. The molecule has 0 saturated carbocycles. The second kappa shape index (κ2) is 6.99. The van der Waals surface area contributed by atoms with E-state index in [1.807, 2.05) is 19.1 Å². The van der Waals surface area contributed by atoms with Crippen LogP contribution >= 0.6 is 0 Å². The van der Waals surface area contributed by atoms with Gasteiger partial charge in [-0.1, -0.05) is 0 Å². The number of carbonyl (C=O) groups is 2. The van der Waals surface area contributed by atoms with Crippen LogP contribution in [0.1, 0.15) is 26.5 Å². The summed E-state index contributed by atoms with van der Waals surface area (Å²) in [6.07, 6.45) is 4.81. The molecular formula is C20H14FN5O2. The Morgan fingerprint density at radius 2 is 1.89 bits per heavy atom. The van der Waals surface area contributed by atoms with Gasteiger partial charge in [-0.3, -0.25) is 24.3 Å². The monoisotopic (exact) mass is 375 g/mol. The van der Waals surface area contributed by atoms with E-state index in [-0.39, 0.29) is 11.3 Å². The van der Waals surface area contributed by atoms with Gasteiger partial charge in [0.2, 0.25) is 0 Å². The molecule has 0 aliphatic rings. The zero-order valence-corrected chi connectivity index (χ0v) is 14.8. The van der Waals surface area contributed by atoms with E-state index in [4.69, 9.17) is 0 Å². The van der Waals surface area contributed by atoms with Crippen LogP contribution in [0.25, 0.3) is 16.9 Å². The predicted molar refractivity (Wildman–Crippen MR) is 99.2 cm³/mol. The van der Waals surface area contributed by atoms with Crippen molar-refractivity contribution in [2.45, 2.75) is 6.92 Å². The number of aromatic nitrogens is 4. The first-order valence-electron chi connectivity index (χ1n) is 8.39. The number of nitrogens with one attached hydrogen (secondary N) is 1. The maximum absolute atomic E-state index is 13.0. The summed E-state index contributed by atoms with van der Waals surface area (Å²) in [5.74, 6) is -1.80. The van der Waals surface area contributed by atoms with Crippen molar-refractivity contribution >= 4 is 17.5 Å². The molecular weight excluding hydrogens is 361 g/mol. The molecule has 3 aromatic heterocycles. The quantitative estimate of drug-likeness (QED) is 0.556. The fourth-order valence-corrected chi connectivity index (χ4v) is 2.78. The van der Waals surface area contributed by atoms with Crippen molar-refractivity contribution in [3.8, 4) is 11.3 Å². The van der Waals surface area contributed by atoms with Gasteiger partial charge in [0.15, 0.2) is 11.3 Å². The first-order chi connectivity index (χ1) is 13.5. The average Bonchev–Trinajstić information content (AvgIpc) is 3.14. The van der Waals surface area contributed by atoms with Gasteiger partial charge in [-0.15, -0.1) is 0 Å². The molecule has 0 fully saturated rings. The zero-order chi connectivity index (χ0) is 19.7. The Morgan fingerprint density at radius 1 is 1.11 bits per heavy atom. The summed E-state index contributed by atoms with van der Waals surface area (Å²) in [5.41, 5.74) is 2.76. The van der Waals surface area contributed by atoms with Gasteiger partial charge in [0.05, 0.1) is 5.69 Å². The third kappa shape index (κ3) is 3.23. The highest BCUT2D eigenvalue weighted by atomic mass is 19.1. The van der Waals surface area contributed by atoms with E-state index in [0.29, 0.717) is 11.3 Å². The van der Waals surface area contributed by atoms with Crippen LogP contribution in [-0.4, -0.2) is 31.2 Å². The number of aryl methyl sites for hydroxylation is 1. The van der Waals surface area contributed by atoms with Crippen molar-refractivity contribution in [3.63, 3.8) is 0 Å². The molecule has 0 unspecified atom stereocenters. The molecule has 1 N–H and O–H groups in total. The first kappa shape index (κ1) is 17.5. The summed E-state index contributed by atoms with van der Waals surface area (Å²) >= 11 is 0. The number of amides is 2. The summed E-state index contributed by atoms with van der Waals surface area (Å²) in [4.78, 5) is 37.5. The number of benzene rings is 1. The van der Waals surface area contributed by atoms with Crippen molar-refractivity contribution in [2.24, 2.45) is 0 Å². The second-order valence-electron chi connectivity index (χ2n) is 6.10. The number of nitrogens with zero attached hydrogens (tertiary/aromatic N) is 4. The summed E-state index contributed by atoms with van der Waals surface area (Å²) in [5, 5.41) is 2.26. The van der Waals surface area contributed by atoms with Crippen LogP contribution in [0.5, 0.6) is 0 Å². The molecule has 0 spiro atoms. The molecule has 3 heterocycles. The molecule has 28 heavy (non-hydrogen) atoms. The lowest BCUT2D eigenvalue weighted by molar-refractivity contribution is 0.0847. The molecule has 0 bridgehead atoms. The number of hydrogen-bond acceptors (Lipinski definition) is 5. The lowest BCUT2D eigenvalue weighted by atomic mass is 10.2. The van der Waals surface area contributed by atoms with Crippen molar-refractivity contribution < 1.29 is 14.0 Å². The van der Waals surface area contributed by atoms with Crippen LogP contribution in [0.15, 0.2) is 61.2 Å². The summed E-state index contributed by atoms with van der Waals surface area (Å²) in [6.45, 7) is 1.86. The van der Waals surface area contributed by atoms with E-state index in [1.165, 1.54) is 18.5 Å². The fourth-order valence-electron chi connectivity index (χ4n) is 2.78. The Hall–Kier alpha value is -3.94. The highest BCUT2D eigenvalue weighted by Gasteiger charge is 2.20. The number of fused-ring (bicyclic) bond motifs is 1. The molecule has 0 atom stereocenters. The van der Waals surface area contributed by atoms with Gasteiger partial charge < -0.3 is 0 Å². The molecule has 1 aromatic carbocycles. The third-order valence-corrected chi connectivity index (χ3v) is 4.20. The molecule has 0 saturated heterocycles. The summed E-state index contributed by atoms with van der Waals surface area (Å²) < 4.78 is 14.7. The first-order valence-corrected chi connectivity index (χ1v) is 8.39. The van der Waals surface area contributed by atoms with E-state index in [9.17, 15) is 14.0 Å². The normalized spacial score (nSPS) is 10.8. The van der Waals surface area contributed by atoms with Gasteiger partial charge in [0.25, 0.3) is 11.8 Å².